The van der Waals surface area contributed by atoms with Gasteiger partial charge in [-0.1, -0.05) is 36.4 Å². The third kappa shape index (κ3) is 1.98. The molecule has 2 N–H and O–H groups in total. The number of rotatable bonds is 3. The summed E-state index contributed by atoms with van der Waals surface area (Å²) in [4.78, 5) is 0. The monoisotopic (exact) mass is 277 g/mol. The van der Waals surface area contributed by atoms with Crippen molar-refractivity contribution >= 4 is 17.7 Å². The summed E-state index contributed by atoms with van der Waals surface area (Å²) in [6.07, 6.45) is 15.4. The second-order valence-electron chi connectivity index (χ2n) is 5.73. The molecule has 4 rings (SSSR count). The van der Waals surface area contributed by atoms with Crippen molar-refractivity contribution in [2.75, 3.05) is 13.2 Å². The first-order valence-electron chi connectivity index (χ1n) is 7.63. The second kappa shape index (κ2) is 5.05. The van der Waals surface area contributed by atoms with Crippen LogP contribution in [-0.4, -0.2) is 13.2 Å². The van der Waals surface area contributed by atoms with Crippen LogP contribution in [0.3, 0.4) is 0 Å². The fourth-order valence-electron chi connectivity index (χ4n) is 3.57. The predicted octanol–water partition coefficient (Wildman–Crippen LogP) is 1.89. The van der Waals surface area contributed by atoms with Crippen LogP contribution in [0.25, 0.3) is 17.7 Å². The van der Waals surface area contributed by atoms with Crippen LogP contribution in [-0.2, 0) is 0 Å². The van der Waals surface area contributed by atoms with Crippen molar-refractivity contribution in [3.63, 3.8) is 0 Å². The molecular formula is C19H19NO. The lowest BCUT2D eigenvalue weighted by atomic mass is 9.87. The molecule has 21 heavy (non-hydrogen) atoms. The van der Waals surface area contributed by atoms with Gasteiger partial charge in [-0.3, -0.25) is 0 Å². The molecule has 0 radical (unpaired) electrons. The smallest absolute Gasteiger partial charge is 0.127 e. The molecule has 0 spiro atoms. The predicted molar refractivity (Wildman–Crippen MR) is 87.1 cm³/mol. The van der Waals surface area contributed by atoms with Crippen molar-refractivity contribution in [3.8, 4) is 5.75 Å². The zero-order valence-electron chi connectivity index (χ0n) is 12.0. The average Bonchev–Trinajstić information content (AvgIpc) is 3.12. The summed E-state index contributed by atoms with van der Waals surface area (Å²) in [5.74, 6) is 1.49. The molecule has 1 unspecified atom stereocenters. The summed E-state index contributed by atoms with van der Waals surface area (Å²) < 4.78 is 5.68. The molecular weight excluding hydrogens is 258 g/mol. The molecule has 3 aliphatic rings. The molecule has 1 atom stereocenters. The van der Waals surface area contributed by atoms with Crippen LogP contribution in [0.5, 0.6) is 5.75 Å². The standard InChI is InChI=1S/C19H19NO/c20-10-8-15-17(13-4-2-1-3-5-13)12-14-6-7-18-16(19(14)15)9-11-21-18/h1-4,6-7,9,12-13H,5,8,10-11,20H2. The normalized spacial score (nSPS) is 21.7. The Labute approximate surface area is 124 Å². The highest BCUT2D eigenvalue weighted by molar-refractivity contribution is 5.83. The van der Waals surface area contributed by atoms with E-state index in [1.54, 1.807) is 0 Å². The van der Waals surface area contributed by atoms with E-state index in [0.717, 1.165) is 18.6 Å². The van der Waals surface area contributed by atoms with Gasteiger partial charge in [0.25, 0.3) is 0 Å². The number of hydrogen-bond acceptors (Lipinski definition) is 2. The van der Waals surface area contributed by atoms with Crippen molar-refractivity contribution < 1.29 is 4.74 Å². The minimum Gasteiger partial charge on any atom is -0.489 e. The third-order valence-electron chi connectivity index (χ3n) is 4.50. The SMILES string of the molecule is NCCC1=c2c(ccc3c2=CCO3)C=C1C1C=CC=CC1. The number of fused-ring (bicyclic) bond motifs is 3. The van der Waals surface area contributed by atoms with Crippen LogP contribution in [0, 0.1) is 5.92 Å². The molecule has 0 saturated carbocycles. The molecule has 1 aromatic rings. The Bertz CT molecular complexity index is 796. The van der Waals surface area contributed by atoms with E-state index < -0.39 is 0 Å². The maximum atomic E-state index is 5.88. The van der Waals surface area contributed by atoms with Gasteiger partial charge in [0.2, 0.25) is 0 Å². The number of allylic oxidation sites excluding steroid dienone is 5. The molecule has 0 amide bonds. The second-order valence-corrected chi connectivity index (χ2v) is 5.73. The van der Waals surface area contributed by atoms with E-state index in [-0.39, 0.29) is 0 Å². The van der Waals surface area contributed by atoms with Gasteiger partial charge in [-0.25, -0.2) is 0 Å². The summed E-state index contributed by atoms with van der Waals surface area (Å²) in [7, 11) is 0. The summed E-state index contributed by atoms with van der Waals surface area (Å²) in [6.45, 7) is 1.37. The summed E-state index contributed by atoms with van der Waals surface area (Å²) >= 11 is 0. The molecule has 0 fully saturated rings. The molecule has 2 aliphatic carbocycles. The zero-order chi connectivity index (χ0) is 14.2. The van der Waals surface area contributed by atoms with Crippen molar-refractivity contribution in [2.24, 2.45) is 11.7 Å². The van der Waals surface area contributed by atoms with Crippen molar-refractivity contribution in [1.82, 2.24) is 0 Å². The Morgan fingerprint density at radius 3 is 3.00 bits per heavy atom. The fraction of sp³-hybridized carbons (Fsp3) is 0.263. The number of ether oxygens (including phenoxy) is 1. The quantitative estimate of drug-likeness (QED) is 0.915. The van der Waals surface area contributed by atoms with Crippen LogP contribution in [0.1, 0.15) is 18.4 Å². The summed E-state index contributed by atoms with van der Waals surface area (Å²) in [6, 6.07) is 4.27. The van der Waals surface area contributed by atoms with E-state index in [9.17, 15) is 0 Å². The van der Waals surface area contributed by atoms with E-state index in [2.05, 4.69) is 48.6 Å². The Hall–Kier alpha value is -2.06. The lowest BCUT2D eigenvalue weighted by Crippen LogP contribution is -2.28. The lowest BCUT2D eigenvalue weighted by Gasteiger charge is -2.17. The van der Waals surface area contributed by atoms with Gasteiger partial charge in [-0.15, -0.1) is 0 Å². The Balaban J connectivity index is 1.92. The van der Waals surface area contributed by atoms with Crippen LogP contribution in [0.2, 0.25) is 0 Å². The molecule has 0 saturated heterocycles. The van der Waals surface area contributed by atoms with E-state index in [1.165, 1.54) is 27.1 Å². The lowest BCUT2D eigenvalue weighted by molar-refractivity contribution is 0.385. The molecule has 2 nitrogen and oxygen atoms in total. The molecule has 0 bridgehead atoms. The summed E-state index contributed by atoms with van der Waals surface area (Å²) in [5.41, 5.74) is 10.0. The van der Waals surface area contributed by atoms with Crippen LogP contribution < -0.4 is 20.9 Å². The minimum atomic E-state index is 0.474. The van der Waals surface area contributed by atoms with Crippen molar-refractivity contribution in [2.45, 2.75) is 12.8 Å². The van der Waals surface area contributed by atoms with Gasteiger partial charge < -0.3 is 10.5 Å². The van der Waals surface area contributed by atoms with Crippen LogP contribution in [0.15, 0.2) is 42.0 Å². The zero-order valence-corrected chi connectivity index (χ0v) is 12.0. The Morgan fingerprint density at radius 2 is 2.19 bits per heavy atom. The van der Waals surface area contributed by atoms with E-state index in [0.29, 0.717) is 19.1 Å². The highest BCUT2D eigenvalue weighted by Gasteiger charge is 2.23. The Kier molecular flexibility index (Phi) is 3.04. The maximum Gasteiger partial charge on any atom is 0.127 e. The van der Waals surface area contributed by atoms with Crippen molar-refractivity contribution in [3.05, 3.63) is 58.0 Å². The van der Waals surface area contributed by atoms with Gasteiger partial charge in [0.1, 0.15) is 12.4 Å². The molecule has 1 aliphatic heterocycles. The minimum absolute atomic E-state index is 0.474. The Morgan fingerprint density at radius 1 is 1.24 bits per heavy atom. The number of benzene rings is 1. The van der Waals surface area contributed by atoms with Gasteiger partial charge in [-0.2, -0.15) is 0 Å². The maximum absolute atomic E-state index is 5.88. The van der Waals surface area contributed by atoms with Crippen LogP contribution >= 0.6 is 0 Å². The first-order valence-corrected chi connectivity index (χ1v) is 7.63. The van der Waals surface area contributed by atoms with Gasteiger partial charge in [0.05, 0.1) is 0 Å². The van der Waals surface area contributed by atoms with E-state index in [4.69, 9.17) is 10.5 Å². The van der Waals surface area contributed by atoms with E-state index >= 15 is 0 Å². The first-order chi connectivity index (χ1) is 10.4. The van der Waals surface area contributed by atoms with Gasteiger partial charge in [0, 0.05) is 11.1 Å². The molecule has 2 heteroatoms. The van der Waals surface area contributed by atoms with E-state index in [1.807, 2.05) is 0 Å². The van der Waals surface area contributed by atoms with Gasteiger partial charge in [-0.05, 0) is 53.5 Å². The number of hydrogen-bond donors (Lipinski definition) is 1. The van der Waals surface area contributed by atoms with Gasteiger partial charge in [0.15, 0.2) is 0 Å². The van der Waals surface area contributed by atoms with Crippen molar-refractivity contribution in [1.29, 1.82) is 0 Å². The first kappa shape index (κ1) is 12.7. The molecule has 1 heterocycles. The molecule has 0 aromatic heterocycles. The average molecular weight is 277 g/mol. The fourth-order valence-corrected chi connectivity index (χ4v) is 3.57. The molecule has 1 aromatic carbocycles. The van der Waals surface area contributed by atoms with Crippen LogP contribution in [0.4, 0.5) is 0 Å². The summed E-state index contributed by atoms with van der Waals surface area (Å²) in [5, 5.41) is 2.62. The topological polar surface area (TPSA) is 35.2 Å². The number of nitrogens with two attached hydrogens (primary N) is 1. The molecule has 106 valence electrons. The van der Waals surface area contributed by atoms with Gasteiger partial charge >= 0.3 is 0 Å². The highest BCUT2D eigenvalue weighted by atomic mass is 16.5. The largest absolute Gasteiger partial charge is 0.489 e. The highest BCUT2D eigenvalue weighted by Crippen LogP contribution is 2.33. The third-order valence-corrected chi connectivity index (χ3v) is 4.50.